The largest absolute Gasteiger partial charge is 0.294 e. The van der Waals surface area contributed by atoms with Crippen molar-refractivity contribution in [1.29, 1.82) is 0 Å². The molecule has 102 valence electrons. The van der Waals surface area contributed by atoms with E-state index in [0.717, 1.165) is 9.13 Å². The van der Waals surface area contributed by atoms with Gasteiger partial charge in [-0.15, -0.1) is 0 Å². The second kappa shape index (κ2) is 6.32. The summed E-state index contributed by atoms with van der Waals surface area (Å²) in [6, 6.07) is 11.1. The lowest BCUT2D eigenvalue weighted by Crippen LogP contribution is -2.03. The Kier molecular flexibility index (Phi) is 4.72. The lowest BCUT2D eigenvalue weighted by atomic mass is 10.0. The smallest absolute Gasteiger partial charge is 0.269 e. The first-order valence-electron chi connectivity index (χ1n) is 5.69. The molecule has 0 amide bonds. The molecule has 4 nitrogen and oxygen atoms in total. The highest BCUT2D eigenvalue weighted by molar-refractivity contribution is 14.1. The molecule has 6 heteroatoms. The molecule has 2 aromatic carbocycles. The summed E-state index contributed by atoms with van der Waals surface area (Å²) in [5, 5.41) is 11.1. The van der Waals surface area contributed by atoms with Gasteiger partial charge in [0, 0.05) is 27.7 Å². The highest BCUT2D eigenvalue weighted by atomic mass is 127. The van der Waals surface area contributed by atoms with Crippen molar-refractivity contribution in [2.75, 3.05) is 0 Å². The number of nitro benzene ring substituents is 1. The quantitative estimate of drug-likeness (QED) is 0.332. The van der Waals surface area contributed by atoms with Gasteiger partial charge in [0.1, 0.15) is 0 Å². The summed E-state index contributed by atoms with van der Waals surface area (Å²) in [4.78, 5) is 22.2. The molecular formula is C14H9ClINO3. The van der Waals surface area contributed by atoms with E-state index in [4.69, 9.17) is 11.6 Å². The number of ketones is 1. The lowest BCUT2D eigenvalue weighted by molar-refractivity contribution is -0.384. The van der Waals surface area contributed by atoms with Crippen LogP contribution in [0.25, 0.3) is 0 Å². The zero-order chi connectivity index (χ0) is 14.7. The Morgan fingerprint density at radius 1 is 1.20 bits per heavy atom. The van der Waals surface area contributed by atoms with E-state index in [1.165, 1.54) is 12.1 Å². The number of carbonyl (C=O) groups excluding carboxylic acids is 1. The van der Waals surface area contributed by atoms with Gasteiger partial charge in [0.15, 0.2) is 5.78 Å². The summed E-state index contributed by atoms with van der Waals surface area (Å²) in [7, 11) is 0. The molecule has 2 rings (SSSR count). The molecule has 20 heavy (non-hydrogen) atoms. The van der Waals surface area contributed by atoms with Crippen LogP contribution in [0, 0.1) is 13.7 Å². The monoisotopic (exact) mass is 401 g/mol. The number of benzene rings is 2. The molecule has 0 heterocycles. The lowest BCUT2D eigenvalue weighted by Gasteiger charge is -2.03. The fraction of sp³-hybridized carbons (Fsp3) is 0.0714. The van der Waals surface area contributed by atoms with E-state index < -0.39 is 4.92 Å². The third-order valence-corrected chi connectivity index (χ3v) is 4.33. The van der Waals surface area contributed by atoms with Crippen molar-refractivity contribution in [3.05, 3.63) is 72.3 Å². The zero-order valence-corrected chi connectivity index (χ0v) is 13.1. The third kappa shape index (κ3) is 3.55. The van der Waals surface area contributed by atoms with E-state index in [2.05, 4.69) is 22.6 Å². The molecule has 2 aromatic rings. The third-order valence-electron chi connectivity index (χ3n) is 2.75. The number of hydrogen-bond donors (Lipinski definition) is 0. The van der Waals surface area contributed by atoms with Crippen LogP contribution in [0.15, 0.2) is 42.5 Å². The maximum atomic E-state index is 12.1. The number of nitro groups is 1. The van der Waals surface area contributed by atoms with Gasteiger partial charge >= 0.3 is 0 Å². The Morgan fingerprint density at radius 3 is 2.40 bits per heavy atom. The van der Waals surface area contributed by atoms with Crippen LogP contribution in [-0.2, 0) is 6.42 Å². The molecule has 0 aliphatic carbocycles. The Hall–Kier alpha value is -1.47. The molecule has 0 fully saturated rings. The maximum absolute atomic E-state index is 12.1. The van der Waals surface area contributed by atoms with Crippen molar-refractivity contribution in [3.8, 4) is 0 Å². The number of halogens is 2. The second-order valence-electron chi connectivity index (χ2n) is 4.15. The molecule has 0 N–H and O–H groups in total. The molecule has 0 saturated heterocycles. The minimum absolute atomic E-state index is 0.0125. The van der Waals surface area contributed by atoms with Crippen LogP contribution in [0.5, 0.6) is 0 Å². The van der Waals surface area contributed by atoms with Crippen LogP contribution in [0.1, 0.15) is 15.9 Å². The Morgan fingerprint density at radius 2 is 1.85 bits per heavy atom. The van der Waals surface area contributed by atoms with Crippen LogP contribution in [0.3, 0.4) is 0 Å². The van der Waals surface area contributed by atoms with Gasteiger partial charge in [0.05, 0.1) is 9.95 Å². The summed E-state index contributed by atoms with van der Waals surface area (Å²) < 4.78 is 0.885. The standard InChI is InChI=1S/C14H9ClINO3/c15-12-8-10(3-6-13(12)16)14(18)7-9-1-4-11(5-2-9)17(19)20/h1-6,8H,7H2. The first kappa shape index (κ1) is 14.9. The van der Waals surface area contributed by atoms with Crippen LogP contribution in [0.2, 0.25) is 5.02 Å². The summed E-state index contributed by atoms with van der Waals surface area (Å²) in [6.45, 7) is 0. The van der Waals surface area contributed by atoms with E-state index in [-0.39, 0.29) is 17.9 Å². The second-order valence-corrected chi connectivity index (χ2v) is 5.72. The van der Waals surface area contributed by atoms with E-state index >= 15 is 0 Å². The predicted molar refractivity (Wildman–Crippen MR) is 85.3 cm³/mol. The summed E-state index contributed by atoms with van der Waals surface area (Å²) in [6.07, 6.45) is 0.189. The van der Waals surface area contributed by atoms with Crippen molar-refractivity contribution in [1.82, 2.24) is 0 Å². The van der Waals surface area contributed by atoms with Crippen LogP contribution < -0.4 is 0 Å². The van der Waals surface area contributed by atoms with Crippen LogP contribution in [0.4, 0.5) is 5.69 Å². The molecule has 0 atom stereocenters. The van der Waals surface area contributed by atoms with Gasteiger partial charge in [-0.1, -0.05) is 29.8 Å². The predicted octanol–water partition coefficient (Wildman–Crippen LogP) is 4.28. The molecule has 0 aliphatic heterocycles. The SMILES string of the molecule is O=C(Cc1ccc([N+](=O)[O-])cc1)c1ccc(I)c(Cl)c1. The first-order valence-corrected chi connectivity index (χ1v) is 7.14. The van der Waals surface area contributed by atoms with Crippen LogP contribution >= 0.6 is 34.2 Å². The fourth-order valence-corrected chi connectivity index (χ4v) is 2.21. The molecular weight excluding hydrogens is 393 g/mol. The highest BCUT2D eigenvalue weighted by Crippen LogP contribution is 2.21. The number of nitrogens with zero attached hydrogens (tertiary/aromatic N) is 1. The summed E-state index contributed by atoms with van der Waals surface area (Å²) in [5.41, 5.74) is 1.28. The summed E-state index contributed by atoms with van der Waals surface area (Å²) in [5.74, 6) is -0.0721. The average Bonchev–Trinajstić information content (AvgIpc) is 2.42. The van der Waals surface area contributed by atoms with Gasteiger partial charge in [-0.05, 0) is 40.3 Å². The Labute approximate surface area is 134 Å². The summed E-state index contributed by atoms with van der Waals surface area (Å²) >= 11 is 8.07. The van der Waals surface area contributed by atoms with E-state index in [9.17, 15) is 14.9 Å². The van der Waals surface area contributed by atoms with Crippen LogP contribution in [-0.4, -0.2) is 10.7 Å². The van der Waals surface area contributed by atoms with Gasteiger partial charge in [0.2, 0.25) is 0 Å². The van der Waals surface area contributed by atoms with E-state index in [1.807, 2.05) is 0 Å². The molecule has 0 spiro atoms. The molecule has 0 radical (unpaired) electrons. The molecule has 0 aromatic heterocycles. The molecule has 0 unspecified atom stereocenters. The van der Waals surface area contributed by atoms with E-state index in [0.29, 0.717) is 10.6 Å². The van der Waals surface area contributed by atoms with Gasteiger partial charge in [-0.2, -0.15) is 0 Å². The highest BCUT2D eigenvalue weighted by Gasteiger charge is 2.10. The van der Waals surface area contributed by atoms with Crippen molar-refractivity contribution >= 4 is 45.7 Å². The normalized spacial score (nSPS) is 10.3. The molecule has 0 saturated carbocycles. The number of rotatable bonds is 4. The number of carbonyl (C=O) groups is 1. The zero-order valence-electron chi connectivity index (χ0n) is 10.2. The molecule has 0 aliphatic rings. The number of non-ortho nitro benzene ring substituents is 1. The Balaban J connectivity index is 2.14. The molecule has 0 bridgehead atoms. The fourth-order valence-electron chi connectivity index (χ4n) is 1.69. The van der Waals surface area contributed by atoms with Gasteiger partial charge in [0.25, 0.3) is 5.69 Å². The minimum Gasteiger partial charge on any atom is -0.294 e. The van der Waals surface area contributed by atoms with Gasteiger partial charge < -0.3 is 0 Å². The van der Waals surface area contributed by atoms with Crippen molar-refractivity contribution in [2.24, 2.45) is 0 Å². The van der Waals surface area contributed by atoms with Gasteiger partial charge in [-0.25, -0.2) is 0 Å². The van der Waals surface area contributed by atoms with Gasteiger partial charge in [-0.3, -0.25) is 14.9 Å². The number of Topliss-reactive ketones (excluding diaryl/α,β-unsaturated/α-hetero) is 1. The van der Waals surface area contributed by atoms with Crippen molar-refractivity contribution in [3.63, 3.8) is 0 Å². The van der Waals surface area contributed by atoms with Crippen molar-refractivity contribution in [2.45, 2.75) is 6.42 Å². The average molecular weight is 402 g/mol. The Bertz CT molecular complexity index is 671. The topological polar surface area (TPSA) is 60.2 Å². The minimum atomic E-state index is -0.468. The maximum Gasteiger partial charge on any atom is 0.269 e. The van der Waals surface area contributed by atoms with E-state index in [1.54, 1.807) is 30.3 Å². The first-order chi connectivity index (χ1) is 9.47. The number of hydrogen-bond acceptors (Lipinski definition) is 3. The van der Waals surface area contributed by atoms with Crippen molar-refractivity contribution < 1.29 is 9.72 Å².